The van der Waals surface area contributed by atoms with E-state index < -0.39 is 10.0 Å². The second-order valence-corrected chi connectivity index (χ2v) is 6.68. The first-order chi connectivity index (χ1) is 7.16. The highest BCUT2D eigenvalue weighted by Crippen LogP contribution is 2.34. The minimum absolute atomic E-state index is 0.0670. The van der Waals surface area contributed by atoms with Crippen LogP contribution in [0.25, 0.3) is 0 Å². The normalized spacial score (nSPS) is 23.9. The van der Waals surface area contributed by atoms with E-state index in [9.17, 15) is 8.42 Å². The molecule has 0 unspecified atom stereocenters. The van der Waals surface area contributed by atoms with Crippen molar-refractivity contribution in [3.63, 3.8) is 0 Å². The fourth-order valence-electron chi connectivity index (χ4n) is 2.36. The third kappa shape index (κ3) is 2.34. The van der Waals surface area contributed by atoms with Gasteiger partial charge in [-0.05, 0) is 25.7 Å². The molecule has 0 aliphatic heterocycles. The van der Waals surface area contributed by atoms with Gasteiger partial charge in [-0.15, -0.1) is 0 Å². The monoisotopic (exact) mass is 233 g/mol. The fourth-order valence-corrected chi connectivity index (χ4v) is 4.63. The quantitative estimate of drug-likeness (QED) is 0.761. The standard InChI is InChI=1S/C10H19NO3S/c12-8-7-11(9-5-6-9)15(13,14)10-3-1-2-4-10/h9-10,12H,1-8H2. The molecule has 15 heavy (non-hydrogen) atoms. The van der Waals surface area contributed by atoms with Crippen LogP contribution in [-0.4, -0.2) is 42.3 Å². The SMILES string of the molecule is O=S(=O)(C1CCCC1)N(CCO)C1CC1. The first-order valence-electron chi connectivity index (χ1n) is 5.78. The third-order valence-electron chi connectivity index (χ3n) is 3.32. The van der Waals surface area contributed by atoms with E-state index in [0.29, 0.717) is 0 Å². The van der Waals surface area contributed by atoms with Crippen LogP contribution < -0.4 is 0 Å². The van der Waals surface area contributed by atoms with Crippen molar-refractivity contribution in [1.29, 1.82) is 0 Å². The highest BCUT2D eigenvalue weighted by atomic mass is 32.2. The first kappa shape index (κ1) is 11.4. The molecule has 4 nitrogen and oxygen atoms in total. The van der Waals surface area contributed by atoms with Crippen LogP contribution in [0.4, 0.5) is 0 Å². The van der Waals surface area contributed by atoms with E-state index in [1.165, 1.54) is 0 Å². The van der Waals surface area contributed by atoms with E-state index in [1.807, 2.05) is 0 Å². The molecule has 0 aromatic heterocycles. The Morgan fingerprint density at radius 1 is 1.13 bits per heavy atom. The van der Waals surface area contributed by atoms with Gasteiger partial charge in [0.1, 0.15) is 0 Å². The zero-order valence-corrected chi connectivity index (χ0v) is 9.75. The van der Waals surface area contributed by atoms with Gasteiger partial charge in [-0.2, -0.15) is 4.31 Å². The van der Waals surface area contributed by atoms with Crippen molar-refractivity contribution in [1.82, 2.24) is 4.31 Å². The van der Waals surface area contributed by atoms with Gasteiger partial charge in [-0.3, -0.25) is 0 Å². The second kappa shape index (κ2) is 4.39. The predicted molar refractivity (Wildman–Crippen MR) is 58.0 cm³/mol. The summed E-state index contributed by atoms with van der Waals surface area (Å²) in [6, 6.07) is 0.183. The molecule has 2 fully saturated rings. The molecule has 0 aromatic rings. The summed E-state index contributed by atoms with van der Waals surface area (Å²) in [6.45, 7) is 0.214. The number of aliphatic hydroxyl groups is 1. The Morgan fingerprint density at radius 3 is 2.20 bits per heavy atom. The lowest BCUT2D eigenvalue weighted by atomic mass is 10.4. The lowest BCUT2D eigenvalue weighted by molar-refractivity contribution is 0.249. The molecular formula is C10H19NO3S. The molecule has 0 amide bonds. The fraction of sp³-hybridized carbons (Fsp3) is 1.00. The summed E-state index contributed by atoms with van der Waals surface area (Å²) in [7, 11) is -3.13. The van der Waals surface area contributed by atoms with Gasteiger partial charge in [0.2, 0.25) is 10.0 Å². The Bertz CT molecular complexity index is 305. The summed E-state index contributed by atoms with van der Waals surface area (Å²) in [5.74, 6) is 0. The van der Waals surface area contributed by atoms with Crippen molar-refractivity contribution in [2.75, 3.05) is 13.2 Å². The van der Waals surface area contributed by atoms with Crippen molar-refractivity contribution in [2.45, 2.75) is 49.8 Å². The van der Waals surface area contributed by atoms with E-state index >= 15 is 0 Å². The van der Waals surface area contributed by atoms with Gasteiger partial charge in [0.15, 0.2) is 0 Å². The maximum Gasteiger partial charge on any atom is 0.217 e. The van der Waals surface area contributed by atoms with Crippen LogP contribution in [0.3, 0.4) is 0 Å². The van der Waals surface area contributed by atoms with Gasteiger partial charge in [0.05, 0.1) is 11.9 Å². The molecule has 0 saturated heterocycles. The van der Waals surface area contributed by atoms with E-state index in [4.69, 9.17) is 5.11 Å². The number of rotatable bonds is 5. The molecule has 88 valence electrons. The average Bonchev–Trinajstić information content (AvgIpc) is 2.86. The number of nitrogens with zero attached hydrogens (tertiary/aromatic N) is 1. The van der Waals surface area contributed by atoms with Crippen LogP contribution in [0.1, 0.15) is 38.5 Å². The van der Waals surface area contributed by atoms with E-state index in [0.717, 1.165) is 38.5 Å². The predicted octanol–water partition coefficient (Wildman–Crippen LogP) is 0.716. The summed E-state index contributed by atoms with van der Waals surface area (Å²) in [5.41, 5.74) is 0. The molecule has 2 aliphatic carbocycles. The Kier molecular flexibility index (Phi) is 3.33. The van der Waals surface area contributed by atoms with Crippen molar-refractivity contribution >= 4 is 10.0 Å². The van der Waals surface area contributed by atoms with Crippen LogP contribution in [0.15, 0.2) is 0 Å². The molecule has 0 radical (unpaired) electrons. The van der Waals surface area contributed by atoms with Gasteiger partial charge in [0, 0.05) is 12.6 Å². The average molecular weight is 233 g/mol. The molecule has 2 rings (SSSR count). The zero-order chi connectivity index (χ0) is 10.9. The summed E-state index contributed by atoms with van der Waals surface area (Å²) >= 11 is 0. The Balaban J connectivity index is 2.09. The Labute approximate surface area is 91.3 Å². The van der Waals surface area contributed by atoms with Gasteiger partial charge >= 0.3 is 0 Å². The maximum absolute atomic E-state index is 12.2. The van der Waals surface area contributed by atoms with Crippen molar-refractivity contribution in [3.8, 4) is 0 Å². The first-order valence-corrected chi connectivity index (χ1v) is 7.28. The van der Waals surface area contributed by atoms with E-state index in [1.54, 1.807) is 4.31 Å². The summed E-state index contributed by atoms with van der Waals surface area (Å²) < 4.78 is 26.0. The lowest BCUT2D eigenvalue weighted by Crippen LogP contribution is -2.40. The zero-order valence-electron chi connectivity index (χ0n) is 8.93. The Hall–Kier alpha value is -0.130. The second-order valence-electron chi connectivity index (χ2n) is 4.52. The van der Waals surface area contributed by atoms with Crippen LogP contribution >= 0.6 is 0 Å². The molecule has 1 N–H and O–H groups in total. The highest BCUT2D eigenvalue weighted by molar-refractivity contribution is 7.89. The smallest absolute Gasteiger partial charge is 0.217 e. The maximum atomic E-state index is 12.2. The molecule has 0 heterocycles. The number of hydrogen-bond acceptors (Lipinski definition) is 3. The van der Waals surface area contributed by atoms with Gasteiger partial charge in [0.25, 0.3) is 0 Å². The molecule has 2 aliphatic rings. The third-order valence-corrected chi connectivity index (χ3v) is 5.77. The molecule has 5 heteroatoms. The van der Waals surface area contributed by atoms with Crippen LogP contribution in [0, 0.1) is 0 Å². The summed E-state index contributed by atoms with van der Waals surface area (Å²) in [5, 5.41) is 8.74. The minimum atomic E-state index is -3.13. The largest absolute Gasteiger partial charge is 0.395 e. The molecule has 2 saturated carbocycles. The van der Waals surface area contributed by atoms with Crippen molar-refractivity contribution in [3.05, 3.63) is 0 Å². The van der Waals surface area contributed by atoms with Gasteiger partial charge in [-0.25, -0.2) is 8.42 Å². The number of aliphatic hydroxyl groups excluding tert-OH is 1. The van der Waals surface area contributed by atoms with Crippen molar-refractivity contribution in [2.24, 2.45) is 0 Å². The van der Waals surface area contributed by atoms with Gasteiger partial charge < -0.3 is 5.11 Å². The molecule has 0 bridgehead atoms. The topological polar surface area (TPSA) is 57.6 Å². The Morgan fingerprint density at radius 2 is 1.73 bits per heavy atom. The van der Waals surface area contributed by atoms with Crippen LogP contribution in [0.2, 0.25) is 0 Å². The molecule has 0 atom stereocenters. The molecule has 0 spiro atoms. The molecular weight excluding hydrogens is 214 g/mol. The number of hydrogen-bond donors (Lipinski definition) is 1. The highest BCUT2D eigenvalue weighted by Gasteiger charge is 2.41. The summed E-state index contributed by atoms with van der Waals surface area (Å²) in [4.78, 5) is 0. The minimum Gasteiger partial charge on any atom is -0.395 e. The van der Waals surface area contributed by atoms with E-state index in [2.05, 4.69) is 0 Å². The van der Waals surface area contributed by atoms with Crippen LogP contribution in [0.5, 0.6) is 0 Å². The van der Waals surface area contributed by atoms with Crippen molar-refractivity contribution < 1.29 is 13.5 Å². The lowest BCUT2D eigenvalue weighted by Gasteiger charge is -2.24. The van der Waals surface area contributed by atoms with Gasteiger partial charge in [-0.1, -0.05) is 12.8 Å². The van der Waals surface area contributed by atoms with Crippen LogP contribution in [-0.2, 0) is 10.0 Å². The summed E-state index contributed by atoms with van der Waals surface area (Å²) in [6.07, 6.45) is 5.59. The molecule has 0 aromatic carbocycles. The number of sulfonamides is 1. The van der Waals surface area contributed by atoms with E-state index in [-0.39, 0.29) is 24.4 Å².